The van der Waals surface area contributed by atoms with Gasteiger partial charge < -0.3 is 0 Å². The number of hydrogen-bond acceptors (Lipinski definition) is 2. The average Bonchev–Trinajstić information content (AvgIpc) is 2.04. The summed E-state index contributed by atoms with van der Waals surface area (Å²) in [5.74, 6) is 0. The van der Waals surface area contributed by atoms with Crippen molar-refractivity contribution in [1.29, 1.82) is 0 Å². The van der Waals surface area contributed by atoms with Gasteiger partial charge in [0.05, 0.1) is 10.6 Å². The Morgan fingerprint density at radius 1 is 1.25 bits per heavy atom. The van der Waals surface area contributed by atoms with E-state index in [-0.39, 0.29) is 9.77 Å². The lowest BCUT2D eigenvalue weighted by molar-refractivity contribution is -0.137. The van der Waals surface area contributed by atoms with Crippen molar-refractivity contribution < 1.29 is 13.2 Å². The van der Waals surface area contributed by atoms with E-state index < -0.39 is 11.7 Å². The van der Waals surface area contributed by atoms with Gasteiger partial charge in [0.25, 0.3) is 0 Å². The van der Waals surface area contributed by atoms with E-state index in [9.17, 15) is 13.2 Å². The maximum Gasteiger partial charge on any atom is 0.417 e. The van der Waals surface area contributed by atoms with E-state index in [0.717, 1.165) is 12.3 Å². The first-order valence-electron chi connectivity index (χ1n) is 4.51. The highest BCUT2D eigenvalue weighted by Gasteiger charge is 2.31. The highest BCUT2D eigenvalue weighted by Crippen LogP contribution is 2.37. The van der Waals surface area contributed by atoms with Crippen LogP contribution in [0.15, 0.2) is 17.3 Å². The summed E-state index contributed by atoms with van der Waals surface area (Å²) in [6.45, 7) is 5.81. The zero-order valence-electron chi connectivity index (χ0n) is 9.02. The Kier molecular flexibility index (Phi) is 3.80. The standard InChI is InChI=1S/C10H11ClF3NS/c1-9(2,3)16-8-7(11)4-6(5-15-8)10(12,13)14/h4-5H,1-3H3. The summed E-state index contributed by atoms with van der Waals surface area (Å²) in [6, 6.07) is 0.905. The molecule has 16 heavy (non-hydrogen) atoms. The van der Waals surface area contributed by atoms with Gasteiger partial charge in [-0.1, -0.05) is 44.1 Å². The van der Waals surface area contributed by atoms with Crippen LogP contribution in [0.1, 0.15) is 26.3 Å². The van der Waals surface area contributed by atoms with E-state index >= 15 is 0 Å². The normalized spacial score (nSPS) is 12.9. The molecule has 0 fully saturated rings. The average molecular weight is 270 g/mol. The zero-order valence-corrected chi connectivity index (χ0v) is 10.6. The van der Waals surface area contributed by atoms with Crippen molar-refractivity contribution in [1.82, 2.24) is 4.98 Å². The van der Waals surface area contributed by atoms with Crippen LogP contribution in [0.25, 0.3) is 0 Å². The number of nitrogens with zero attached hydrogens (tertiary/aromatic N) is 1. The minimum absolute atomic E-state index is 0.0368. The fourth-order valence-corrected chi connectivity index (χ4v) is 2.07. The van der Waals surface area contributed by atoms with E-state index in [1.165, 1.54) is 11.8 Å². The van der Waals surface area contributed by atoms with Gasteiger partial charge in [-0.15, -0.1) is 0 Å². The summed E-state index contributed by atoms with van der Waals surface area (Å²) < 4.78 is 36.9. The third kappa shape index (κ3) is 3.87. The lowest BCUT2D eigenvalue weighted by atomic mass is 10.3. The molecule has 1 rings (SSSR count). The fraction of sp³-hybridized carbons (Fsp3) is 0.500. The predicted molar refractivity (Wildman–Crippen MR) is 59.9 cm³/mol. The second-order valence-corrected chi connectivity index (χ2v) is 6.45. The lowest BCUT2D eigenvalue weighted by Crippen LogP contribution is -2.09. The molecule has 0 aromatic carbocycles. The van der Waals surface area contributed by atoms with Gasteiger partial charge in [-0.05, 0) is 6.07 Å². The van der Waals surface area contributed by atoms with E-state index in [1.807, 2.05) is 20.8 Å². The molecule has 0 atom stereocenters. The van der Waals surface area contributed by atoms with Crippen LogP contribution in [0.4, 0.5) is 13.2 Å². The van der Waals surface area contributed by atoms with E-state index in [4.69, 9.17) is 11.6 Å². The van der Waals surface area contributed by atoms with Gasteiger partial charge in [-0.25, -0.2) is 4.98 Å². The Labute approximate surface area is 101 Å². The highest BCUT2D eigenvalue weighted by atomic mass is 35.5. The molecule has 1 heterocycles. The molecule has 90 valence electrons. The van der Waals surface area contributed by atoms with Crippen LogP contribution in [0.3, 0.4) is 0 Å². The summed E-state index contributed by atoms with van der Waals surface area (Å²) >= 11 is 7.09. The molecule has 0 radical (unpaired) electrons. The van der Waals surface area contributed by atoms with Crippen molar-refractivity contribution in [3.8, 4) is 0 Å². The molecular weight excluding hydrogens is 259 g/mol. The van der Waals surface area contributed by atoms with E-state index in [0.29, 0.717) is 5.03 Å². The van der Waals surface area contributed by atoms with Crippen molar-refractivity contribution in [2.45, 2.75) is 36.7 Å². The number of alkyl halides is 3. The first-order valence-corrected chi connectivity index (χ1v) is 5.71. The Morgan fingerprint density at radius 3 is 2.19 bits per heavy atom. The first kappa shape index (κ1) is 13.6. The Morgan fingerprint density at radius 2 is 1.81 bits per heavy atom. The van der Waals surface area contributed by atoms with Gasteiger partial charge in [0.1, 0.15) is 5.03 Å². The summed E-state index contributed by atoms with van der Waals surface area (Å²) in [4.78, 5) is 3.74. The minimum atomic E-state index is -4.40. The van der Waals surface area contributed by atoms with Crippen LogP contribution in [0.5, 0.6) is 0 Å². The molecule has 0 aliphatic heterocycles. The highest BCUT2D eigenvalue weighted by molar-refractivity contribution is 8.00. The molecule has 6 heteroatoms. The van der Waals surface area contributed by atoms with Crippen molar-refractivity contribution in [3.63, 3.8) is 0 Å². The quantitative estimate of drug-likeness (QED) is 0.689. The van der Waals surface area contributed by atoms with Crippen LogP contribution < -0.4 is 0 Å². The topological polar surface area (TPSA) is 12.9 Å². The second-order valence-electron chi connectivity index (χ2n) is 4.22. The van der Waals surface area contributed by atoms with Crippen molar-refractivity contribution >= 4 is 23.4 Å². The Hall–Kier alpha value is -0.420. The molecule has 0 aliphatic carbocycles. The van der Waals surface area contributed by atoms with E-state index in [1.54, 1.807) is 0 Å². The van der Waals surface area contributed by atoms with Crippen LogP contribution in [-0.2, 0) is 6.18 Å². The summed E-state index contributed by atoms with van der Waals surface area (Å²) in [7, 11) is 0. The number of thioether (sulfide) groups is 1. The monoisotopic (exact) mass is 269 g/mol. The van der Waals surface area contributed by atoms with Crippen molar-refractivity contribution in [2.24, 2.45) is 0 Å². The van der Waals surface area contributed by atoms with Crippen LogP contribution in [0, 0.1) is 0 Å². The Bertz CT molecular complexity index is 385. The molecule has 0 amide bonds. The smallest absolute Gasteiger partial charge is 0.248 e. The molecule has 0 spiro atoms. The van der Waals surface area contributed by atoms with E-state index in [2.05, 4.69) is 4.98 Å². The molecule has 1 aromatic heterocycles. The first-order chi connectivity index (χ1) is 7.09. The third-order valence-corrected chi connectivity index (χ3v) is 3.07. The molecule has 0 aliphatic rings. The third-order valence-electron chi connectivity index (χ3n) is 1.54. The Balaban J connectivity index is 3.01. The van der Waals surface area contributed by atoms with Gasteiger partial charge >= 0.3 is 6.18 Å². The lowest BCUT2D eigenvalue weighted by Gasteiger charge is -2.18. The van der Waals surface area contributed by atoms with Crippen LogP contribution in [-0.4, -0.2) is 9.73 Å². The SMILES string of the molecule is CC(C)(C)Sc1ncc(C(F)(F)F)cc1Cl. The number of aromatic nitrogens is 1. The molecule has 0 unspecified atom stereocenters. The van der Waals surface area contributed by atoms with Crippen molar-refractivity contribution in [2.75, 3.05) is 0 Å². The number of rotatable bonds is 1. The summed E-state index contributed by atoms with van der Waals surface area (Å²) in [5.41, 5.74) is -0.823. The number of hydrogen-bond donors (Lipinski definition) is 0. The summed E-state index contributed by atoms with van der Waals surface area (Å²) in [5, 5.41) is 0.455. The maximum absolute atomic E-state index is 12.3. The van der Waals surface area contributed by atoms with Gasteiger partial charge in [-0.3, -0.25) is 0 Å². The molecule has 0 bridgehead atoms. The molecule has 1 nitrogen and oxygen atoms in total. The predicted octanol–water partition coefficient (Wildman–Crippen LogP) is 4.64. The fourth-order valence-electron chi connectivity index (χ4n) is 0.946. The molecular formula is C10H11ClF3NS. The zero-order chi connectivity index (χ0) is 12.6. The molecule has 0 N–H and O–H groups in total. The maximum atomic E-state index is 12.3. The molecule has 0 saturated heterocycles. The van der Waals surface area contributed by atoms with Gasteiger partial charge in [-0.2, -0.15) is 13.2 Å². The van der Waals surface area contributed by atoms with Gasteiger partial charge in [0.2, 0.25) is 0 Å². The van der Waals surface area contributed by atoms with Gasteiger partial charge in [0, 0.05) is 10.9 Å². The summed E-state index contributed by atoms with van der Waals surface area (Å²) in [6.07, 6.45) is -3.60. The minimum Gasteiger partial charge on any atom is -0.248 e. The molecule has 0 saturated carbocycles. The number of halogens is 4. The van der Waals surface area contributed by atoms with Crippen LogP contribution >= 0.6 is 23.4 Å². The second kappa shape index (κ2) is 4.45. The van der Waals surface area contributed by atoms with Gasteiger partial charge in [0.15, 0.2) is 0 Å². The van der Waals surface area contributed by atoms with Crippen molar-refractivity contribution in [3.05, 3.63) is 22.8 Å². The largest absolute Gasteiger partial charge is 0.417 e. The molecule has 1 aromatic rings. The number of pyridine rings is 1. The van der Waals surface area contributed by atoms with Crippen LogP contribution in [0.2, 0.25) is 5.02 Å².